The van der Waals surface area contributed by atoms with Gasteiger partial charge >= 0.3 is 0 Å². The van der Waals surface area contributed by atoms with Crippen LogP contribution >= 0.6 is 0 Å². The molecule has 2 rings (SSSR count). The van der Waals surface area contributed by atoms with Gasteiger partial charge in [-0.3, -0.25) is 4.90 Å². The Labute approximate surface area is 114 Å². The fourth-order valence-corrected chi connectivity index (χ4v) is 2.94. The number of ether oxygens (including phenoxy) is 1. The fourth-order valence-electron chi connectivity index (χ4n) is 2.94. The number of piperazine rings is 1. The molecule has 1 saturated carbocycles. The lowest BCUT2D eigenvalue weighted by molar-refractivity contribution is -0.00325. The number of halogens is 2. The first kappa shape index (κ1) is 15.1. The van der Waals surface area contributed by atoms with Crippen molar-refractivity contribution >= 4 is 0 Å². The van der Waals surface area contributed by atoms with Gasteiger partial charge in [0, 0.05) is 31.7 Å². The molecule has 0 aromatic heterocycles. The molecule has 0 amide bonds. The largest absolute Gasteiger partial charge is 0.374 e. The summed E-state index contributed by atoms with van der Waals surface area (Å²) in [4.78, 5) is 2.43. The van der Waals surface area contributed by atoms with Gasteiger partial charge in [0.2, 0.25) is 0 Å². The van der Waals surface area contributed by atoms with Crippen LogP contribution in [0.4, 0.5) is 8.78 Å². The molecule has 3 nitrogen and oxygen atoms in total. The van der Waals surface area contributed by atoms with Crippen molar-refractivity contribution in [3.8, 4) is 0 Å². The van der Waals surface area contributed by atoms with E-state index in [9.17, 15) is 8.78 Å². The van der Waals surface area contributed by atoms with E-state index in [2.05, 4.69) is 24.1 Å². The average molecular weight is 276 g/mol. The van der Waals surface area contributed by atoms with Crippen LogP contribution in [0.3, 0.4) is 0 Å². The Kier molecular flexibility index (Phi) is 5.54. The molecule has 1 saturated heterocycles. The van der Waals surface area contributed by atoms with Gasteiger partial charge in [-0.25, -0.2) is 8.78 Å². The van der Waals surface area contributed by atoms with Gasteiger partial charge in [0.15, 0.2) is 0 Å². The van der Waals surface area contributed by atoms with Gasteiger partial charge in [-0.15, -0.1) is 0 Å². The van der Waals surface area contributed by atoms with Gasteiger partial charge in [-0.1, -0.05) is 13.8 Å². The van der Waals surface area contributed by atoms with E-state index in [1.807, 2.05) is 0 Å². The lowest BCUT2D eigenvalue weighted by Crippen LogP contribution is -2.59. The van der Waals surface area contributed by atoms with E-state index in [4.69, 9.17) is 4.74 Å². The van der Waals surface area contributed by atoms with E-state index >= 15 is 0 Å². The lowest BCUT2D eigenvalue weighted by atomic mass is 9.97. The standard InChI is InChI=1S/C14H26F2N2O/c1-10(2)13-7-17-12(11-3-4-11)8-18(13)5-6-19-9-14(15)16/h10-14,17H,3-9H2,1-2H3. The zero-order chi connectivity index (χ0) is 13.8. The van der Waals surface area contributed by atoms with Crippen molar-refractivity contribution < 1.29 is 13.5 Å². The van der Waals surface area contributed by atoms with Gasteiger partial charge < -0.3 is 10.1 Å². The molecule has 0 bridgehead atoms. The first-order chi connectivity index (χ1) is 9.08. The minimum absolute atomic E-state index is 0.408. The Morgan fingerprint density at radius 2 is 2.05 bits per heavy atom. The molecule has 5 heteroatoms. The molecule has 1 N–H and O–H groups in total. The van der Waals surface area contributed by atoms with Crippen LogP contribution in [0, 0.1) is 11.8 Å². The first-order valence-electron chi connectivity index (χ1n) is 7.41. The van der Waals surface area contributed by atoms with E-state index in [-0.39, 0.29) is 0 Å². The highest BCUT2D eigenvalue weighted by molar-refractivity contribution is 4.95. The molecule has 112 valence electrons. The number of alkyl halides is 2. The minimum Gasteiger partial charge on any atom is -0.374 e. The predicted molar refractivity (Wildman–Crippen MR) is 71.5 cm³/mol. The molecule has 0 aromatic carbocycles. The zero-order valence-electron chi connectivity index (χ0n) is 11.9. The van der Waals surface area contributed by atoms with Crippen molar-refractivity contribution in [3.63, 3.8) is 0 Å². The zero-order valence-corrected chi connectivity index (χ0v) is 11.9. The maximum atomic E-state index is 12.0. The maximum absolute atomic E-state index is 12.0. The molecule has 0 spiro atoms. The summed E-state index contributed by atoms with van der Waals surface area (Å²) >= 11 is 0. The summed E-state index contributed by atoms with van der Waals surface area (Å²) in [5.74, 6) is 1.40. The van der Waals surface area contributed by atoms with Gasteiger partial charge in [-0.2, -0.15) is 0 Å². The summed E-state index contributed by atoms with van der Waals surface area (Å²) in [5.41, 5.74) is 0. The Morgan fingerprint density at radius 3 is 2.63 bits per heavy atom. The molecule has 0 radical (unpaired) electrons. The molecule has 1 aliphatic heterocycles. The van der Waals surface area contributed by atoms with Crippen molar-refractivity contribution in [3.05, 3.63) is 0 Å². The lowest BCUT2D eigenvalue weighted by Gasteiger charge is -2.42. The van der Waals surface area contributed by atoms with E-state index in [0.717, 1.165) is 25.6 Å². The number of nitrogens with zero attached hydrogens (tertiary/aromatic N) is 1. The van der Waals surface area contributed by atoms with Crippen LogP contribution in [0.25, 0.3) is 0 Å². The van der Waals surface area contributed by atoms with E-state index in [0.29, 0.717) is 24.6 Å². The number of nitrogens with one attached hydrogen (secondary N) is 1. The van der Waals surface area contributed by atoms with Crippen LogP contribution in [0.2, 0.25) is 0 Å². The van der Waals surface area contributed by atoms with Crippen molar-refractivity contribution in [2.45, 2.75) is 45.2 Å². The summed E-state index contributed by atoms with van der Waals surface area (Å²) in [6, 6.07) is 1.08. The third-order valence-electron chi connectivity index (χ3n) is 4.22. The van der Waals surface area contributed by atoms with Crippen molar-refractivity contribution in [2.24, 2.45) is 11.8 Å². The molecule has 19 heavy (non-hydrogen) atoms. The summed E-state index contributed by atoms with van der Waals surface area (Å²) in [6.07, 6.45) is 0.308. The van der Waals surface area contributed by atoms with Crippen molar-refractivity contribution in [1.82, 2.24) is 10.2 Å². The highest BCUT2D eigenvalue weighted by Gasteiger charge is 2.37. The first-order valence-corrected chi connectivity index (χ1v) is 7.41. The maximum Gasteiger partial charge on any atom is 0.261 e. The Bertz CT molecular complexity index is 272. The summed E-state index contributed by atoms with van der Waals surface area (Å²) < 4.78 is 29.1. The molecule has 2 fully saturated rings. The van der Waals surface area contributed by atoms with Crippen molar-refractivity contribution in [1.29, 1.82) is 0 Å². The van der Waals surface area contributed by atoms with Crippen LogP contribution in [0.5, 0.6) is 0 Å². The second kappa shape index (κ2) is 6.95. The molecular formula is C14H26F2N2O. The highest BCUT2D eigenvalue weighted by Crippen LogP contribution is 2.34. The molecule has 1 aliphatic carbocycles. The van der Waals surface area contributed by atoms with E-state index < -0.39 is 13.0 Å². The quantitative estimate of drug-likeness (QED) is 0.720. The van der Waals surface area contributed by atoms with Gasteiger partial charge in [-0.05, 0) is 24.7 Å². The fraction of sp³-hybridized carbons (Fsp3) is 1.00. The van der Waals surface area contributed by atoms with Crippen molar-refractivity contribution in [2.75, 3.05) is 32.8 Å². The molecule has 2 unspecified atom stereocenters. The third kappa shape index (κ3) is 4.65. The second-order valence-corrected chi connectivity index (χ2v) is 6.12. The Hall–Kier alpha value is -0.260. The second-order valence-electron chi connectivity index (χ2n) is 6.12. The third-order valence-corrected chi connectivity index (χ3v) is 4.22. The van der Waals surface area contributed by atoms with Crippen LogP contribution in [0.15, 0.2) is 0 Å². The van der Waals surface area contributed by atoms with Gasteiger partial charge in [0.1, 0.15) is 6.61 Å². The smallest absolute Gasteiger partial charge is 0.261 e. The topological polar surface area (TPSA) is 24.5 Å². The SMILES string of the molecule is CC(C)C1CNC(C2CC2)CN1CCOCC(F)F. The molecule has 0 aromatic rings. The average Bonchev–Trinajstić information content (AvgIpc) is 3.18. The highest BCUT2D eigenvalue weighted by atomic mass is 19.3. The number of rotatable bonds is 7. The van der Waals surface area contributed by atoms with Crippen LogP contribution in [-0.4, -0.2) is 56.3 Å². The Balaban J connectivity index is 1.77. The Morgan fingerprint density at radius 1 is 1.32 bits per heavy atom. The molecule has 1 heterocycles. The number of hydrogen-bond acceptors (Lipinski definition) is 3. The van der Waals surface area contributed by atoms with Crippen LogP contribution in [-0.2, 0) is 4.74 Å². The summed E-state index contributed by atoms with van der Waals surface area (Å²) in [7, 11) is 0. The van der Waals surface area contributed by atoms with E-state index in [1.54, 1.807) is 0 Å². The predicted octanol–water partition coefficient (Wildman–Crippen LogP) is 1.98. The summed E-state index contributed by atoms with van der Waals surface area (Å²) in [6.45, 7) is 7.21. The monoisotopic (exact) mass is 276 g/mol. The molecular weight excluding hydrogens is 250 g/mol. The van der Waals surface area contributed by atoms with Gasteiger partial charge in [0.25, 0.3) is 6.43 Å². The molecule has 2 aliphatic rings. The van der Waals surface area contributed by atoms with Crippen LogP contribution < -0.4 is 5.32 Å². The van der Waals surface area contributed by atoms with E-state index in [1.165, 1.54) is 12.8 Å². The number of hydrogen-bond donors (Lipinski definition) is 1. The van der Waals surface area contributed by atoms with Gasteiger partial charge in [0.05, 0.1) is 6.61 Å². The minimum atomic E-state index is -2.36. The summed E-state index contributed by atoms with van der Waals surface area (Å²) in [5, 5.41) is 3.65. The molecule has 2 atom stereocenters. The normalized spacial score (nSPS) is 29.4. The van der Waals surface area contributed by atoms with Crippen LogP contribution in [0.1, 0.15) is 26.7 Å².